The van der Waals surface area contributed by atoms with Gasteiger partial charge in [-0.15, -0.1) is 11.3 Å². The van der Waals surface area contributed by atoms with Gasteiger partial charge in [-0.1, -0.05) is 0 Å². The third-order valence-electron chi connectivity index (χ3n) is 3.31. The number of hydrogen-bond donors (Lipinski definition) is 0. The summed E-state index contributed by atoms with van der Waals surface area (Å²) in [4.78, 5) is 33.3. The Hall–Kier alpha value is -2.48. The molecule has 0 aliphatic heterocycles. The van der Waals surface area contributed by atoms with Crippen molar-refractivity contribution in [2.45, 2.75) is 27.3 Å². The molecule has 0 radical (unpaired) electrons. The van der Waals surface area contributed by atoms with E-state index in [0.29, 0.717) is 12.3 Å². The number of fused-ring (bicyclic) bond motifs is 1. The van der Waals surface area contributed by atoms with Crippen LogP contribution in [0.5, 0.6) is 0 Å². The van der Waals surface area contributed by atoms with E-state index in [-0.39, 0.29) is 28.8 Å². The molecule has 3 aromatic heterocycles. The minimum absolute atomic E-state index is 0.141. The number of aromatic nitrogens is 3. The molecule has 0 saturated heterocycles. The summed E-state index contributed by atoms with van der Waals surface area (Å²) < 4.78 is 11.8. The summed E-state index contributed by atoms with van der Waals surface area (Å²) in [7, 11) is 0. The molecular formula is C15H15N3O4S. The molecule has 0 aliphatic rings. The Morgan fingerprint density at radius 1 is 1.43 bits per heavy atom. The first kappa shape index (κ1) is 15.4. The molecule has 7 nitrogen and oxygen atoms in total. The molecule has 3 rings (SSSR count). The fourth-order valence-electron chi connectivity index (χ4n) is 2.32. The topological polar surface area (TPSA) is 87.2 Å². The van der Waals surface area contributed by atoms with E-state index >= 15 is 0 Å². The summed E-state index contributed by atoms with van der Waals surface area (Å²) in [6.07, 6.45) is 1.40. The second-order valence-corrected chi connectivity index (χ2v) is 5.94. The van der Waals surface area contributed by atoms with E-state index < -0.39 is 5.97 Å². The zero-order chi connectivity index (χ0) is 16.6. The molecule has 0 fully saturated rings. The first-order valence-electron chi connectivity index (χ1n) is 7.08. The lowest BCUT2D eigenvalue weighted by Crippen LogP contribution is -2.22. The van der Waals surface area contributed by atoms with Crippen LogP contribution in [0, 0.1) is 13.8 Å². The van der Waals surface area contributed by atoms with E-state index in [0.717, 1.165) is 10.7 Å². The van der Waals surface area contributed by atoms with Crippen molar-refractivity contribution < 1.29 is 13.9 Å². The van der Waals surface area contributed by atoms with Gasteiger partial charge in [-0.25, -0.2) is 14.8 Å². The number of nitrogens with zero attached hydrogens (tertiary/aromatic N) is 3. The zero-order valence-electron chi connectivity index (χ0n) is 13.0. The molecule has 0 saturated carbocycles. The number of thiazole rings is 1. The largest absolute Gasteiger partial charge is 0.462 e. The maximum Gasteiger partial charge on any atom is 0.342 e. The Bertz CT molecular complexity index is 938. The number of esters is 1. The third-order valence-corrected chi connectivity index (χ3v) is 4.26. The smallest absolute Gasteiger partial charge is 0.342 e. The summed E-state index contributed by atoms with van der Waals surface area (Å²) in [6, 6.07) is 0. The van der Waals surface area contributed by atoms with Gasteiger partial charge in [0.15, 0.2) is 0 Å². The number of hydrogen-bond acceptors (Lipinski definition) is 7. The van der Waals surface area contributed by atoms with Gasteiger partial charge in [0.05, 0.1) is 13.2 Å². The van der Waals surface area contributed by atoms with Gasteiger partial charge >= 0.3 is 5.97 Å². The fourth-order valence-corrected chi connectivity index (χ4v) is 3.09. The lowest BCUT2D eigenvalue weighted by Gasteiger charge is -2.03. The molecule has 3 aromatic rings. The van der Waals surface area contributed by atoms with E-state index in [1.54, 1.807) is 13.8 Å². The molecule has 0 aromatic carbocycles. The Balaban J connectivity index is 2.12. The Kier molecular flexibility index (Phi) is 3.99. The molecule has 0 unspecified atom stereocenters. The average Bonchev–Trinajstić information content (AvgIpc) is 3.05. The van der Waals surface area contributed by atoms with Gasteiger partial charge in [0.1, 0.15) is 28.0 Å². The van der Waals surface area contributed by atoms with E-state index in [2.05, 4.69) is 9.97 Å². The number of aryl methyl sites for hydroxylation is 2. The van der Waals surface area contributed by atoms with Crippen molar-refractivity contribution in [3.8, 4) is 0 Å². The second-order valence-electron chi connectivity index (χ2n) is 4.99. The highest BCUT2D eigenvalue weighted by Gasteiger charge is 2.23. The van der Waals surface area contributed by atoms with Gasteiger partial charge in [0.2, 0.25) is 5.71 Å². The van der Waals surface area contributed by atoms with Crippen molar-refractivity contribution in [3.63, 3.8) is 0 Å². The highest BCUT2D eigenvalue weighted by molar-refractivity contribution is 7.09. The summed E-state index contributed by atoms with van der Waals surface area (Å²) in [5, 5.41) is 2.86. The van der Waals surface area contributed by atoms with Crippen LogP contribution in [0.15, 0.2) is 20.9 Å². The number of ether oxygens (including phenoxy) is 1. The SMILES string of the molecule is CCOC(=O)c1c(C)oc2ncn(Cc3nc(C)cs3)c(=O)c12. The van der Waals surface area contributed by atoms with Gasteiger partial charge in [0.25, 0.3) is 5.56 Å². The third kappa shape index (κ3) is 2.77. The van der Waals surface area contributed by atoms with Crippen LogP contribution in [0.1, 0.15) is 33.7 Å². The summed E-state index contributed by atoms with van der Waals surface area (Å²) in [5.41, 5.74) is 0.840. The predicted octanol–water partition coefficient (Wildman–Crippen LogP) is 2.29. The van der Waals surface area contributed by atoms with Crippen LogP contribution >= 0.6 is 11.3 Å². The summed E-state index contributed by atoms with van der Waals surface area (Å²) >= 11 is 1.47. The highest BCUT2D eigenvalue weighted by Crippen LogP contribution is 2.22. The maximum atomic E-state index is 12.7. The van der Waals surface area contributed by atoms with Gasteiger partial charge < -0.3 is 9.15 Å². The van der Waals surface area contributed by atoms with Crippen LogP contribution < -0.4 is 5.56 Å². The quantitative estimate of drug-likeness (QED) is 0.681. The molecule has 3 heterocycles. The predicted molar refractivity (Wildman–Crippen MR) is 84.9 cm³/mol. The van der Waals surface area contributed by atoms with Crippen LogP contribution in [-0.4, -0.2) is 27.1 Å². The molecule has 0 N–H and O–H groups in total. The van der Waals surface area contributed by atoms with Crippen LogP contribution in [0.25, 0.3) is 11.1 Å². The molecule has 0 atom stereocenters. The monoisotopic (exact) mass is 333 g/mol. The molecule has 0 spiro atoms. The van der Waals surface area contributed by atoms with Crippen molar-refractivity contribution in [2.75, 3.05) is 6.61 Å². The van der Waals surface area contributed by atoms with Gasteiger partial charge in [-0.05, 0) is 20.8 Å². The average molecular weight is 333 g/mol. The van der Waals surface area contributed by atoms with Gasteiger partial charge in [-0.3, -0.25) is 9.36 Å². The van der Waals surface area contributed by atoms with Crippen molar-refractivity contribution in [1.29, 1.82) is 0 Å². The summed E-state index contributed by atoms with van der Waals surface area (Å²) in [5.74, 6) is -0.253. The highest BCUT2D eigenvalue weighted by atomic mass is 32.1. The normalized spacial score (nSPS) is 11.1. The van der Waals surface area contributed by atoms with Crippen LogP contribution in [-0.2, 0) is 11.3 Å². The Labute approximate surface area is 135 Å². The first-order chi connectivity index (χ1) is 11.0. The molecule has 0 aliphatic carbocycles. The second kappa shape index (κ2) is 5.96. The molecule has 120 valence electrons. The number of carbonyl (C=O) groups is 1. The lowest BCUT2D eigenvalue weighted by atomic mass is 10.2. The minimum atomic E-state index is -0.578. The van der Waals surface area contributed by atoms with E-state index in [1.165, 1.54) is 22.2 Å². The van der Waals surface area contributed by atoms with Gasteiger partial charge in [0, 0.05) is 11.1 Å². The summed E-state index contributed by atoms with van der Waals surface area (Å²) in [6.45, 7) is 5.73. The number of rotatable bonds is 4. The van der Waals surface area contributed by atoms with Crippen LogP contribution in [0.4, 0.5) is 0 Å². The van der Waals surface area contributed by atoms with E-state index in [9.17, 15) is 9.59 Å². The Morgan fingerprint density at radius 2 is 2.22 bits per heavy atom. The molecule has 0 bridgehead atoms. The molecular weight excluding hydrogens is 318 g/mol. The molecule has 0 amide bonds. The van der Waals surface area contributed by atoms with Crippen molar-refractivity contribution in [2.24, 2.45) is 0 Å². The van der Waals surface area contributed by atoms with Crippen molar-refractivity contribution in [1.82, 2.24) is 14.5 Å². The Morgan fingerprint density at radius 3 is 2.87 bits per heavy atom. The first-order valence-corrected chi connectivity index (χ1v) is 7.96. The number of carbonyl (C=O) groups excluding carboxylic acids is 1. The van der Waals surface area contributed by atoms with Crippen LogP contribution in [0.2, 0.25) is 0 Å². The molecule has 8 heteroatoms. The number of furan rings is 1. The maximum absolute atomic E-state index is 12.7. The van der Waals surface area contributed by atoms with Gasteiger partial charge in [-0.2, -0.15) is 0 Å². The lowest BCUT2D eigenvalue weighted by molar-refractivity contribution is 0.0526. The van der Waals surface area contributed by atoms with Crippen LogP contribution in [0.3, 0.4) is 0 Å². The minimum Gasteiger partial charge on any atom is -0.462 e. The zero-order valence-corrected chi connectivity index (χ0v) is 13.8. The fraction of sp³-hybridized carbons (Fsp3) is 0.333. The van der Waals surface area contributed by atoms with Crippen molar-refractivity contribution in [3.05, 3.63) is 44.1 Å². The molecule has 23 heavy (non-hydrogen) atoms. The van der Waals surface area contributed by atoms with E-state index in [1.807, 2.05) is 12.3 Å². The van der Waals surface area contributed by atoms with Crippen molar-refractivity contribution >= 4 is 28.4 Å². The standard InChI is InChI=1S/C15H15N3O4S/c1-4-21-15(20)11-9(3)22-13-12(11)14(19)18(7-16-13)5-10-17-8(2)6-23-10/h6-7H,4-5H2,1-3H3. The van der Waals surface area contributed by atoms with E-state index in [4.69, 9.17) is 9.15 Å².